The summed E-state index contributed by atoms with van der Waals surface area (Å²) in [4.78, 5) is 5.58. The number of aromatic nitrogens is 1. The predicted molar refractivity (Wildman–Crippen MR) is 67.4 cm³/mol. The molecule has 0 bridgehead atoms. The van der Waals surface area contributed by atoms with Gasteiger partial charge in [-0.15, -0.1) is 0 Å². The summed E-state index contributed by atoms with van der Waals surface area (Å²) in [5.74, 6) is -9.25. The van der Waals surface area contributed by atoms with Crippen LogP contribution in [0.5, 0.6) is 0 Å². The lowest BCUT2D eigenvalue weighted by atomic mass is 9.99. The SMILES string of the molecule is COC(CC1CC(O)OC(C(F)(F)F)=N1)c1c(F)c(F)nc(F)c1F. The molecule has 1 aliphatic heterocycles. The number of ether oxygens (including phenoxy) is 2. The summed E-state index contributed by atoms with van der Waals surface area (Å²) in [5.41, 5.74) is -1.17. The molecule has 0 fully saturated rings. The van der Waals surface area contributed by atoms with Gasteiger partial charge in [-0.25, -0.2) is 13.8 Å². The second-order valence-electron chi connectivity index (χ2n) is 5.09. The van der Waals surface area contributed by atoms with E-state index in [1.165, 1.54) is 0 Å². The van der Waals surface area contributed by atoms with Crippen molar-refractivity contribution in [2.75, 3.05) is 7.11 Å². The van der Waals surface area contributed by atoms with Gasteiger partial charge in [0.15, 0.2) is 11.6 Å². The van der Waals surface area contributed by atoms with Crippen LogP contribution in [-0.2, 0) is 9.47 Å². The van der Waals surface area contributed by atoms with Crippen molar-refractivity contribution in [1.82, 2.24) is 4.98 Å². The fourth-order valence-electron chi connectivity index (χ4n) is 2.31. The van der Waals surface area contributed by atoms with Crippen molar-refractivity contribution >= 4 is 5.90 Å². The molecule has 2 rings (SSSR count). The Morgan fingerprint density at radius 3 is 2.24 bits per heavy atom. The minimum atomic E-state index is -4.99. The molecule has 1 aromatic rings. The molecule has 5 nitrogen and oxygen atoms in total. The molecule has 0 radical (unpaired) electrons. The molecule has 0 aromatic carbocycles. The van der Waals surface area contributed by atoms with E-state index in [-0.39, 0.29) is 0 Å². The molecule has 0 spiro atoms. The standard InChI is InChI=1S/C13H11F7N2O3/c1-24-5(7-8(14)10(16)22-11(17)9(7)15)2-4-3-6(23)25-12(21-4)13(18,19)20/h4-6,23H,2-3H2,1H3. The third-order valence-electron chi connectivity index (χ3n) is 3.39. The number of halogens is 7. The maximum Gasteiger partial charge on any atom is 0.468 e. The summed E-state index contributed by atoms with van der Waals surface area (Å²) >= 11 is 0. The summed E-state index contributed by atoms with van der Waals surface area (Å²) in [6.45, 7) is 0. The van der Waals surface area contributed by atoms with Gasteiger partial charge >= 0.3 is 6.18 Å². The van der Waals surface area contributed by atoms with E-state index in [1.54, 1.807) is 0 Å². The Labute approximate surface area is 136 Å². The van der Waals surface area contributed by atoms with Gasteiger partial charge < -0.3 is 14.6 Å². The van der Waals surface area contributed by atoms with Crippen LogP contribution in [0.2, 0.25) is 0 Å². The van der Waals surface area contributed by atoms with Crippen LogP contribution < -0.4 is 0 Å². The van der Waals surface area contributed by atoms with Crippen molar-refractivity contribution in [3.05, 3.63) is 29.1 Å². The molecule has 2 heterocycles. The molecule has 3 atom stereocenters. The third kappa shape index (κ3) is 4.18. The van der Waals surface area contributed by atoms with Crippen LogP contribution in [0.15, 0.2) is 4.99 Å². The van der Waals surface area contributed by atoms with E-state index in [0.29, 0.717) is 0 Å². The Bertz CT molecular complexity index is 654. The first-order chi connectivity index (χ1) is 11.5. The number of rotatable bonds is 4. The summed E-state index contributed by atoms with van der Waals surface area (Å²) in [6.07, 6.45) is -9.59. The second-order valence-corrected chi connectivity index (χ2v) is 5.09. The van der Waals surface area contributed by atoms with Crippen molar-refractivity contribution in [1.29, 1.82) is 0 Å². The van der Waals surface area contributed by atoms with Gasteiger partial charge in [0.1, 0.15) is 0 Å². The summed E-state index contributed by atoms with van der Waals surface area (Å²) in [7, 11) is 0.934. The highest BCUT2D eigenvalue weighted by Crippen LogP contribution is 2.33. The van der Waals surface area contributed by atoms with Crippen molar-refractivity contribution in [2.45, 2.75) is 37.5 Å². The maximum atomic E-state index is 13.8. The average Bonchev–Trinajstić information content (AvgIpc) is 2.50. The van der Waals surface area contributed by atoms with Gasteiger partial charge in [0.05, 0.1) is 17.7 Å². The average molecular weight is 376 g/mol. The molecule has 1 aliphatic rings. The van der Waals surface area contributed by atoms with Gasteiger partial charge in [-0.2, -0.15) is 26.9 Å². The monoisotopic (exact) mass is 376 g/mol. The number of hydrogen-bond donors (Lipinski definition) is 1. The number of aliphatic imine (C=N–C) groups is 1. The Hall–Kier alpha value is -1.95. The summed E-state index contributed by atoms with van der Waals surface area (Å²) < 4.78 is 101. The normalized spacial score (nSPS) is 22.4. The van der Waals surface area contributed by atoms with Gasteiger partial charge in [0.25, 0.3) is 17.8 Å². The molecule has 0 amide bonds. The van der Waals surface area contributed by atoms with Gasteiger partial charge in [-0.3, -0.25) is 0 Å². The first-order valence-electron chi connectivity index (χ1n) is 6.77. The molecule has 3 unspecified atom stereocenters. The highest BCUT2D eigenvalue weighted by Gasteiger charge is 2.43. The number of methoxy groups -OCH3 is 1. The van der Waals surface area contributed by atoms with Gasteiger partial charge in [0, 0.05) is 20.0 Å². The third-order valence-corrected chi connectivity index (χ3v) is 3.39. The zero-order valence-electron chi connectivity index (χ0n) is 12.5. The van der Waals surface area contributed by atoms with E-state index < -0.39 is 72.4 Å². The molecular weight excluding hydrogens is 365 g/mol. The number of nitrogens with zero attached hydrogens (tertiary/aromatic N) is 2. The quantitative estimate of drug-likeness (QED) is 0.649. The molecule has 1 N–H and O–H groups in total. The van der Waals surface area contributed by atoms with Gasteiger partial charge in [-0.05, 0) is 0 Å². The van der Waals surface area contributed by atoms with E-state index in [4.69, 9.17) is 4.74 Å². The van der Waals surface area contributed by atoms with Crippen LogP contribution in [0, 0.1) is 23.5 Å². The first kappa shape index (κ1) is 19.4. The topological polar surface area (TPSA) is 63.9 Å². The van der Waals surface area contributed by atoms with Crippen molar-refractivity contribution in [3.8, 4) is 0 Å². The van der Waals surface area contributed by atoms with E-state index in [9.17, 15) is 35.8 Å². The lowest BCUT2D eigenvalue weighted by Gasteiger charge is -2.28. The lowest BCUT2D eigenvalue weighted by Crippen LogP contribution is -2.38. The van der Waals surface area contributed by atoms with Crippen LogP contribution in [-0.4, -0.2) is 41.6 Å². The van der Waals surface area contributed by atoms with E-state index in [2.05, 4.69) is 14.7 Å². The Morgan fingerprint density at radius 2 is 1.76 bits per heavy atom. The number of alkyl halides is 3. The van der Waals surface area contributed by atoms with E-state index in [0.717, 1.165) is 7.11 Å². The van der Waals surface area contributed by atoms with E-state index in [1.807, 2.05) is 0 Å². The van der Waals surface area contributed by atoms with Gasteiger partial charge in [0.2, 0.25) is 6.29 Å². The molecule has 12 heteroatoms. The molecule has 140 valence electrons. The Morgan fingerprint density at radius 1 is 1.20 bits per heavy atom. The first-order valence-corrected chi connectivity index (χ1v) is 6.77. The zero-order chi connectivity index (χ0) is 18.9. The number of hydrogen-bond acceptors (Lipinski definition) is 5. The predicted octanol–water partition coefficient (Wildman–Crippen LogP) is 2.78. The van der Waals surface area contributed by atoms with Crippen molar-refractivity contribution in [3.63, 3.8) is 0 Å². The van der Waals surface area contributed by atoms with Gasteiger partial charge in [-0.1, -0.05) is 0 Å². The number of pyridine rings is 1. The van der Waals surface area contributed by atoms with Crippen LogP contribution in [0.25, 0.3) is 0 Å². The summed E-state index contributed by atoms with van der Waals surface area (Å²) in [5, 5.41) is 9.34. The summed E-state index contributed by atoms with van der Waals surface area (Å²) in [6, 6.07) is -1.33. The fourth-order valence-corrected chi connectivity index (χ4v) is 2.31. The lowest BCUT2D eigenvalue weighted by molar-refractivity contribution is -0.121. The molecule has 25 heavy (non-hydrogen) atoms. The minimum absolute atomic E-state index is 0.446. The highest BCUT2D eigenvalue weighted by molar-refractivity contribution is 5.82. The van der Waals surface area contributed by atoms with E-state index >= 15 is 0 Å². The van der Waals surface area contributed by atoms with Crippen LogP contribution in [0.3, 0.4) is 0 Å². The van der Waals surface area contributed by atoms with Crippen molar-refractivity contribution < 1.29 is 45.3 Å². The molecule has 0 saturated carbocycles. The van der Waals surface area contributed by atoms with Crippen LogP contribution in [0.4, 0.5) is 30.7 Å². The largest absolute Gasteiger partial charge is 0.468 e. The zero-order valence-corrected chi connectivity index (χ0v) is 12.5. The van der Waals surface area contributed by atoms with Crippen LogP contribution >= 0.6 is 0 Å². The number of aliphatic hydroxyl groups is 1. The minimum Gasteiger partial charge on any atom is -0.445 e. The Kier molecular flexibility index (Phi) is 5.52. The van der Waals surface area contributed by atoms with Crippen LogP contribution in [0.1, 0.15) is 24.5 Å². The molecule has 0 aliphatic carbocycles. The maximum absolute atomic E-state index is 13.8. The Balaban J connectivity index is 2.35. The molecule has 1 aromatic heterocycles. The molecule has 0 saturated heterocycles. The fraction of sp³-hybridized carbons (Fsp3) is 0.538. The molecular formula is C13H11F7N2O3. The highest BCUT2D eigenvalue weighted by atomic mass is 19.4. The second kappa shape index (κ2) is 7.12. The smallest absolute Gasteiger partial charge is 0.445 e. The van der Waals surface area contributed by atoms with Crippen molar-refractivity contribution in [2.24, 2.45) is 4.99 Å². The number of aliphatic hydroxyl groups excluding tert-OH is 1.